The van der Waals surface area contributed by atoms with Crippen LogP contribution >= 0.6 is 11.6 Å². The third kappa shape index (κ3) is 6.04. The molecule has 1 unspecified atom stereocenters. The van der Waals surface area contributed by atoms with E-state index in [2.05, 4.69) is 10.6 Å². The first kappa shape index (κ1) is 26.1. The van der Waals surface area contributed by atoms with Gasteiger partial charge < -0.3 is 20.6 Å². The topological polar surface area (TPSA) is 111 Å². The van der Waals surface area contributed by atoms with Crippen LogP contribution in [0.5, 0.6) is 0 Å². The number of benzene rings is 3. The van der Waals surface area contributed by atoms with Crippen molar-refractivity contribution in [1.29, 1.82) is 0 Å². The Hall–Kier alpha value is -4.01. The number of likely N-dealkylation sites (N-methyl/N-ethyl adjacent to an activating group) is 1. The summed E-state index contributed by atoms with van der Waals surface area (Å²) < 4.78 is 0. The summed E-state index contributed by atoms with van der Waals surface area (Å²) in [5, 5.41) is 15.6. The lowest BCUT2D eigenvalue weighted by Crippen LogP contribution is -2.34. The van der Waals surface area contributed by atoms with Gasteiger partial charge in [-0.15, -0.1) is 0 Å². The molecule has 0 aromatic heterocycles. The lowest BCUT2D eigenvalue weighted by molar-refractivity contribution is -0.136. The number of fused-ring (bicyclic) bond motifs is 1. The minimum Gasteiger partial charge on any atom is -0.481 e. The lowest BCUT2D eigenvalue weighted by Gasteiger charge is -2.21. The molecule has 1 aliphatic heterocycles. The maximum atomic E-state index is 13.1. The van der Waals surface area contributed by atoms with Gasteiger partial charge in [0, 0.05) is 36.4 Å². The Morgan fingerprint density at radius 2 is 1.78 bits per heavy atom. The average molecular weight is 519 g/mol. The van der Waals surface area contributed by atoms with E-state index in [1.165, 1.54) is 6.92 Å². The van der Waals surface area contributed by atoms with Crippen LogP contribution < -0.4 is 15.5 Å². The van der Waals surface area contributed by atoms with Crippen LogP contribution in [0.15, 0.2) is 71.7 Å². The first-order valence-corrected chi connectivity index (χ1v) is 12.2. The fourth-order valence-corrected chi connectivity index (χ4v) is 4.48. The van der Waals surface area contributed by atoms with E-state index >= 15 is 0 Å². The molecule has 3 aromatic rings. The molecule has 0 radical (unpaired) electrons. The van der Waals surface area contributed by atoms with Gasteiger partial charge in [0.15, 0.2) is 0 Å². The van der Waals surface area contributed by atoms with Gasteiger partial charge in [0.2, 0.25) is 11.8 Å². The predicted octanol–water partition coefficient (Wildman–Crippen LogP) is 4.40. The average Bonchev–Trinajstić information content (AvgIpc) is 3.18. The zero-order valence-electron chi connectivity index (χ0n) is 20.5. The first-order valence-electron chi connectivity index (χ1n) is 11.8. The van der Waals surface area contributed by atoms with Crippen molar-refractivity contribution < 1.29 is 19.5 Å². The maximum Gasteiger partial charge on any atom is 0.307 e. The maximum absolute atomic E-state index is 13.1. The molecule has 0 aliphatic carbocycles. The van der Waals surface area contributed by atoms with Gasteiger partial charge in [-0.25, -0.2) is 0 Å². The molecule has 0 fully saturated rings. The highest BCUT2D eigenvalue weighted by molar-refractivity contribution is 6.31. The number of aliphatic carboxylic acids is 1. The van der Waals surface area contributed by atoms with Crippen molar-refractivity contribution in [2.45, 2.75) is 19.3 Å². The minimum atomic E-state index is -0.919. The molecular formula is C28H27ClN4O4. The van der Waals surface area contributed by atoms with Crippen LogP contribution in [0, 0.1) is 0 Å². The fourth-order valence-electron chi connectivity index (χ4n) is 4.31. The molecule has 4 rings (SSSR count). The number of aliphatic imine (C=N–C) groups is 1. The fraction of sp³-hybridized carbons (Fsp3) is 0.214. The standard InChI is InChI=1S/C28H27ClN4O4/c1-17(34)33(14-13-30-2)22-10-8-21(9-11-22)31-27(19-5-3-18(4-6-19)15-25(35)36)26-23-12-7-20(29)16-24(23)32-28(26)37/h3-12,16,26,30H,13-15H2,1-2H3,(H,32,37)(H,35,36). The van der Waals surface area contributed by atoms with Crippen molar-refractivity contribution in [2.24, 2.45) is 4.99 Å². The number of carbonyl (C=O) groups is 3. The molecule has 190 valence electrons. The molecule has 2 amide bonds. The van der Waals surface area contributed by atoms with Crippen molar-refractivity contribution >= 4 is 52.2 Å². The number of anilines is 2. The molecular weight excluding hydrogens is 492 g/mol. The lowest BCUT2D eigenvalue weighted by atomic mass is 9.90. The summed E-state index contributed by atoms with van der Waals surface area (Å²) in [5.74, 6) is -1.89. The van der Waals surface area contributed by atoms with Crippen LogP contribution in [-0.4, -0.2) is 48.7 Å². The van der Waals surface area contributed by atoms with Gasteiger partial charge in [-0.05, 0) is 60.1 Å². The molecule has 3 N–H and O–H groups in total. The molecule has 0 spiro atoms. The number of rotatable bonds is 9. The van der Waals surface area contributed by atoms with E-state index in [9.17, 15) is 14.4 Å². The van der Waals surface area contributed by atoms with Gasteiger partial charge in [0.05, 0.1) is 17.8 Å². The number of nitrogens with one attached hydrogen (secondary N) is 2. The molecule has 0 saturated heterocycles. The SMILES string of the molecule is CNCCN(C(C)=O)c1ccc(N=C(c2ccc(CC(=O)O)cc2)C2C(=O)Nc3cc(Cl)ccc32)cc1. The Labute approximate surface area is 220 Å². The highest BCUT2D eigenvalue weighted by Crippen LogP contribution is 2.38. The normalized spacial score (nSPS) is 14.7. The molecule has 8 nitrogen and oxygen atoms in total. The second-order valence-electron chi connectivity index (χ2n) is 8.71. The van der Waals surface area contributed by atoms with Gasteiger partial charge in [-0.3, -0.25) is 19.4 Å². The zero-order chi connectivity index (χ0) is 26.5. The number of nitrogens with zero attached hydrogens (tertiary/aromatic N) is 2. The van der Waals surface area contributed by atoms with Crippen LogP contribution in [0.4, 0.5) is 17.1 Å². The van der Waals surface area contributed by atoms with Gasteiger partial charge in [-0.2, -0.15) is 0 Å². The largest absolute Gasteiger partial charge is 0.481 e. The summed E-state index contributed by atoms with van der Waals surface area (Å²) in [5.41, 5.74) is 4.62. The molecule has 37 heavy (non-hydrogen) atoms. The molecule has 0 bridgehead atoms. The smallest absolute Gasteiger partial charge is 0.307 e. The van der Waals surface area contributed by atoms with E-state index in [-0.39, 0.29) is 18.2 Å². The highest BCUT2D eigenvalue weighted by atomic mass is 35.5. The van der Waals surface area contributed by atoms with E-state index in [1.807, 2.05) is 25.2 Å². The van der Waals surface area contributed by atoms with Crippen LogP contribution in [-0.2, 0) is 20.8 Å². The van der Waals surface area contributed by atoms with E-state index in [0.717, 1.165) is 11.3 Å². The third-order valence-corrected chi connectivity index (χ3v) is 6.34. The molecule has 9 heteroatoms. The van der Waals surface area contributed by atoms with E-state index in [0.29, 0.717) is 46.3 Å². The van der Waals surface area contributed by atoms with Crippen LogP contribution in [0.25, 0.3) is 0 Å². The molecule has 1 aliphatic rings. The quantitative estimate of drug-likeness (QED) is 0.364. The number of halogens is 1. The number of carboxylic acid groups (broad SMARTS) is 1. The van der Waals surface area contributed by atoms with Gasteiger partial charge in [-0.1, -0.05) is 41.9 Å². The number of carbonyl (C=O) groups excluding carboxylic acids is 2. The van der Waals surface area contributed by atoms with E-state index in [4.69, 9.17) is 21.7 Å². The minimum absolute atomic E-state index is 0.0634. The summed E-state index contributed by atoms with van der Waals surface area (Å²) in [6.45, 7) is 2.71. The summed E-state index contributed by atoms with van der Waals surface area (Å²) >= 11 is 6.14. The predicted molar refractivity (Wildman–Crippen MR) is 145 cm³/mol. The molecule has 0 saturated carbocycles. The third-order valence-electron chi connectivity index (χ3n) is 6.10. The molecule has 3 aromatic carbocycles. The number of carboxylic acids is 1. The van der Waals surface area contributed by atoms with Gasteiger partial charge >= 0.3 is 5.97 Å². The number of amides is 2. The number of hydrogen-bond donors (Lipinski definition) is 3. The molecule has 1 heterocycles. The van der Waals surface area contributed by atoms with Crippen molar-refractivity contribution in [2.75, 3.05) is 30.4 Å². The Morgan fingerprint density at radius 1 is 1.08 bits per heavy atom. The van der Waals surface area contributed by atoms with Crippen molar-refractivity contribution in [1.82, 2.24) is 5.32 Å². The van der Waals surface area contributed by atoms with Crippen LogP contribution in [0.2, 0.25) is 5.02 Å². The van der Waals surface area contributed by atoms with Crippen LogP contribution in [0.1, 0.15) is 29.5 Å². The summed E-state index contributed by atoms with van der Waals surface area (Å²) in [4.78, 5) is 42.9. The first-order chi connectivity index (χ1) is 17.8. The Morgan fingerprint density at radius 3 is 2.41 bits per heavy atom. The van der Waals surface area contributed by atoms with E-state index in [1.54, 1.807) is 53.4 Å². The molecule has 1 atom stereocenters. The van der Waals surface area contributed by atoms with E-state index < -0.39 is 11.9 Å². The zero-order valence-corrected chi connectivity index (χ0v) is 21.2. The van der Waals surface area contributed by atoms with Gasteiger partial charge in [0.25, 0.3) is 0 Å². The number of hydrogen-bond acceptors (Lipinski definition) is 5. The second-order valence-corrected chi connectivity index (χ2v) is 9.15. The van der Waals surface area contributed by atoms with Crippen LogP contribution in [0.3, 0.4) is 0 Å². The highest BCUT2D eigenvalue weighted by Gasteiger charge is 2.35. The van der Waals surface area contributed by atoms with Crippen molar-refractivity contribution in [3.05, 3.63) is 88.4 Å². The van der Waals surface area contributed by atoms with Gasteiger partial charge in [0.1, 0.15) is 5.92 Å². The summed E-state index contributed by atoms with van der Waals surface area (Å²) in [7, 11) is 1.83. The Balaban J connectivity index is 1.75. The van der Waals surface area contributed by atoms with Crippen molar-refractivity contribution in [3.63, 3.8) is 0 Å². The summed E-state index contributed by atoms with van der Waals surface area (Å²) in [6.07, 6.45) is -0.0976. The monoisotopic (exact) mass is 518 g/mol. The Kier molecular flexibility index (Phi) is 8.01. The Bertz CT molecular complexity index is 1350. The summed E-state index contributed by atoms with van der Waals surface area (Å²) in [6, 6.07) is 19.5. The second kappa shape index (κ2) is 11.4. The van der Waals surface area contributed by atoms with Crippen molar-refractivity contribution in [3.8, 4) is 0 Å².